The lowest BCUT2D eigenvalue weighted by molar-refractivity contribution is -0.120. The van der Waals surface area contributed by atoms with E-state index >= 15 is 0 Å². The van der Waals surface area contributed by atoms with E-state index in [2.05, 4.69) is 15.5 Å². The van der Waals surface area contributed by atoms with Crippen molar-refractivity contribution in [2.45, 2.75) is 13.0 Å². The molecule has 1 amide bonds. The van der Waals surface area contributed by atoms with Crippen molar-refractivity contribution in [3.63, 3.8) is 0 Å². The molecule has 0 aromatic carbocycles. The average Bonchev–Trinajstić information content (AvgIpc) is 2.17. The SMILES string of the molecule is N#CCC(=O)NCc1cccnn1. The molecule has 0 aliphatic heterocycles. The second-order valence-corrected chi connectivity index (χ2v) is 2.33. The van der Waals surface area contributed by atoms with Crippen molar-refractivity contribution >= 4 is 5.91 Å². The monoisotopic (exact) mass is 176 g/mol. The Bertz CT molecular complexity index is 317. The molecule has 1 aromatic heterocycles. The highest BCUT2D eigenvalue weighted by molar-refractivity contribution is 5.77. The third-order valence-electron chi connectivity index (χ3n) is 1.33. The minimum absolute atomic E-state index is 0.125. The molecule has 5 heteroatoms. The predicted molar refractivity (Wildman–Crippen MR) is 44.1 cm³/mol. The molecular weight excluding hydrogens is 168 g/mol. The van der Waals surface area contributed by atoms with Gasteiger partial charge in [-0.1, -0.05) is 0 Å². The molecule has 0 spiro atoms. The molecule has 0 saturated heterocycles. The molecule has 1 rings (SSSR count). The van der Waals surface area contributed by atoms with Crippen molar-refractivity contribution in [2.75, 3.05) is 0 Å². The smallest absolute Gasteiger partial charge is 0.234 e. The fourth-order valence-electron chi connectivity index (χ4n) is 0.751. The summed E-state index contributed by atoms with van der Waals surface area (Å²) in [5, 5.41) is 18.1. The maximum absolute atomic E-state index is 10.8. The van der Waals surface area contributed by atoms with Gasteiger partial charge in [-0.25, -0.2) is 0 Å². The van der Waals surface area contributed by atoms with Gasteiger partial charge in [0, 0.05) is 6.20 Å². The van der Waals surface area contributed by atoms with E-state index in [0.29, 0.717) is 12.2 Å². The molecule has 66 valence electrons. The maximum Gasteiger partial charge on any atom is 0.234 e. The summed E-state index contributed by atoms with van der Waals surface area (Å²) in [6.07, 6.45) is 1.43. The summed E-state index contributed by atoms with van der Waals surface area (Å²) in [7, 11) is 0. The number of nitrogens with one attached hydrogen (secondary N) is 1. The molecule has 0 bridgehead atoms. The lowest BCUT2D eigenvalue weighted by Crippen LogP contribution is -2.22. The minimum Gasteiger partial charge on any atom is -0.349 e. The van der Waals surface area contributed by atoms with Crippen molar-refractivity contribution in [2.24, 2.45) is 0 Å². The van der Waals surface area contributed by atoms with Gasteiger partial charge < -0.3 is 5.32 Å². The fraction of sp³-hybridized carbons (Fsp3) is 0.250. The fourth-order valence-corrected chi connectivity index (χ4v) is 0.751. The Hall–Kier alpha value is -1.96. The van der Waals surface area contributed by atoms with Crippen molar-refractivity contribution < 1.29 is 4.79 Å². The number of hydrogen-bond acceptors (Lipinski definition) is 4. The molecule has 0 unspecified atom stereocenters. The van der Waals surface area contributed by atoms with Crippen LogP contribution in [-0.4, -0.2) is 16.1 Å². The number of amides is 1. The normalized spacial score (nSPS) is 8.85. The minimum atomic E-state index is -0.298. The Morgan fingerprint density at radius 2 is 2.54 bits per heavy atom. The molecule has 0 radical (unpaired) electrons. The standard InChI is InChI=1S/C8H8N4O/c9-4-3-8(13)10-6-7-2-1-5-11-12-7/h1-2,5H,3,6H2,(H,10,13). The topological polar surface area (TPSA) is 78.7 Å². The molecule has 1 aromatic rings. The second kappa shape index (κ2) is 4.83. The highest BCUT2D eigenvalue weighted by Crippen LogP contribution is 1.89. The lowest BCUT2D eigenvalue weighted by atomic mass is 10.3. The molecule has 0 aliphatic rings. The second-order valence-electron chi connectivity index (χ2n) is 2.33. The van der Waals surface area contributed by atoms with Crippen molar-refractivity contribution in [1.29, 1.82) is 5.26 Å². The summed E-state index contributed by atoms with van der Waals surface area (Å²) in [6.45, 7) is 0.314. The van der Waals surface area contributed by atoms with E-state index in [1.54, 1.807) is 24.4 Å². The molecule has 1 heterocycles. The van der Waals surface area contributed by atoms with Crippen LogP contribution < -0.4 is 5.32 Å². The van der Waals surface area contributed by atoms with E-state index < -0.39 is 0 Å². The van der Waals surface area contributed by atoms with Gasteiger partial charge in [0.2, 0.25) is 5.91 Å². The first-order valence-electron chi connectivity index (χ1n) is 3.73. The summed E-state index contributed by atoms with van der Waals surface area (Å²) in [6, 6.07) is 5.24. The summed E-state index contributed by atoms with van der Waals surface area (Å²) in [5.74, 6) is -0.298. The maximum atomic E-state index is 10.8. The number of carbonyl (C=O) groups is 1. The van der Waals surface area contributed by atoms with Crippen molar-refractivity contribution in [3.05, 3.63) is 24.0 Å². The third kappa shape index (κ3) is 3.29. The van der Waals surface area contributed by atoms with Gasteiger partial charge in [-0.15, -0.1) is 0 Å². The largest absolute Gasteiger partial charge is 0.349 e. The van der Waals surface area contributed by atoms with E-state index in [4.69, 9.17) is 5.26 Å². The van der Waals surface area contributed by atoms with E-state index in [1.165, 1.54) is 0 Å². The molecule has 0 aliphatic carbocycles. The molecule has 1 N–H and O–H groups in total. The number of carbonyl (C=O) groups excluding carboxylic acids is 1. The Balaban J connectivity index is 2.36. The van der Waals surface area contributed by atoms with Crippen LogP contribution in [0.4, 0.5) is 0 Å². The van der Waals surface area contributed by atoms with Gasteiger partial charge in [-0.05, 0) is 12.1 Å². The summed E-state index contributed by atoms with van der Waals surface area (Å²) in [5.41, 5.74) is 0.675. The molecule has 5 nitrogen and oxygen atoms in total. The van der Waals surface area contributed by atoms with Gasteiger partial charge in [0.05, 0.1) is 18.3 Å². The first kappa shape index (κ1) is 9.13. The number of aromatic nitrogens is 2. The van der Waals surface area contributed by atoms with Crippen molar-refractivity contribution in [3.8, 4) is 6.07 Å². The predicted octanol–water partition coefficient (Wildman–Crippen LogP) is 0.00648. The van der Waals surface area contributed by atoms with E-state index in [9.17, 15) is 4.79 Å². The van der Waals surface area contributed by atoms with Gasteiger partial charge >= 0.3 is 0 Å². The molecule has 0 saturated carbocycles. The van der Waals surface area contributed by atoms with Gasteiger partial charge in [-0.3, -0.25) is 4.79 Å². The van der Waals surface area contributed by atoms with E-state index in [0.717, 1.165) is 0 Å². The van der Waals surface area contributed by atoms with Crippen LogP contribution in [0.25, 0.3) is 0 Å². The van der Waals surface area contributed by atoms with E-state index in [1.807, 2.05) is 0 Å². The van der Waals surface area contributed by atoms with Crippen LogP contribution in [0, 0.1) is 11.3 Å². The summed E-state index contributed by atoms with van der Waals surface area (Å²) < 4.78 is 0. The summed E-state index contributed by atoms with van der Waals surface area (Å²) >= 11 is 0. The van der Waals surface area contributed by atoms with Gasteiger partial charge in [0.25, 0.3) is 0 Å². The Labute approximate surface area is 75.4 Å². The van der Waals surface area contributed by atoms with Crippen LogP contribution in [-0.2, 0) is 11.3 Å². The zero-order valence-electron chi connectivity index (χ0n) is 6.90. The lowest BCUT2D eigenvalue weighted by Gasteiger charge is -1.99. The van der Waals surface area contributed by atoms with E-state index in [-0.39, 0.29) is 12.3 Å². The number of nitriles is 1. The number of hydrogen-bond donors (Lipinski definition) is 1. The third-order valence-corrected chi connectivity index (χ3v) is 1.33. The number of nitrogens with zero attached hydrogens (tertiary/aromatic N) is 3. The van der Waals surface area contributed by atoms with Gasteiger partial charge in [0.15, 0.2) is 0 Å². The summed E-state index contributed by atoms with van der Waals surface area (Å²) in [4.78, 5) is 10.8. The van der Waals surface area contributed by atoms with Crippen molar-refractivity contribution in [1.82, 2.24) is 15.5 Å². The Morgan fingerprint density at radius 1 is 1.69 bits per heavy atom. The average molecular weight is 176 g/mol. The highest BCUT2D eigenvalue weighted by Gasteiger charge is 1.99. The highest BCUT2D eigenvalue weighted by atomic mass is 16.1. The van der Waals surface area contributed by atoms with Crippen LogP contribution in [0.5, 0.6) is 0 Å². The molecule has 0 atom stereocenters. The first-order chi connectivity index (χ1) is 6.33. The Morgan fingerprint density at radius 3 is 3.15 bits per heavy atom. The molecular formula is C8H8N4O. The molecule has 13 heavy (non-hydrogen) atoms. The quantitative estimate of drug-likeness (QED) is 0.703. The zero-order chi connectivity index (χ0) is 9.52. The van der Waals surface area contributed by atoms with Crippen LogP contribution in [0.1, 0.15) is 12.1 Å². The first-order valence-corrected chi connectivity index (χ1v) is 3.73. The zero-order valence-corrected chi connectivity index (χ0v) is 6.90. The van der Waals surface area contributed by atoms with Crippen LogP contribution in [0.3, 0.4) is 0 Å². The Kier molecular flexibility index (Phi) is 3.39. The van der Waals surface area contributed by atoms with Crippen LogP contribution in [0.2, 0.25) is 0 Å². The van der Waals surface area contributed by atoms with Crippen LogP contribution >= 0.6 is 0 Å². The van der Waals surface area contributed by atoms with Gasteiger partial charge in [0.1, 0.15) is 6.42 Å². The number of rotatable bonds is 3. The van der Waals surface area contributed by atoms with Gasteiger partial charge in [-0.2, -0.15) is 15.5 Å². The van der Waals surface area contributed by atoms with Crippen LogP contribution in [0.15, 0.2) is 18.3 Å². The molecule has 0 fully saturated rings.